The number of fused-ring (bicyclic) bond motifs is 1. The number of carbonyl (C=O) groups excluding carboxylic acids is 1. The Labute approximate surface area is 133 Å². The standard InChI is InChI=1S/C15H22N4O2S/c1-4-18(5-2)7-6-16-13(20)9-19-10-17-14-12(15(19)21)8-11(3)22-14/h8,10H,4-7,9H2,1-3H3,(H,16,20). The summed E-state index contributed by atoms with van der Waals surface area (Å²) < 4.78 is 1.36. The van der Waals surface area contributed by atoms with Crippen molar-refractivity contribution in [2.24, 2.45) is 0 Å². The predicted octanol–water partition coefficient (Wildman–Crippen LogP) is 1.22. The van der Waals surface area contributed by atoms with Gasteiger partial charge in [-0.05, 0) is 26.1 Å². The first kappa shape index (κ1) is 16.6. The molecule has 0 fully saturated rings. The first-order chi connectivity index (χ1) is 10.5. The van der Waals surface area contributed by atoms with Crippen molar-refractivity contribution in [2.75, 3.05) is 26.2 Å². The van der Waals surface area contributed by atoms with E-state index in [9.17, 15) is 9.59 Å². The van der Waals surface area contributed by atoms with Crippen LogP contribution in [0.1, 0.15) is 18.7 Å². The summed E-state index contributed by atoms with van der Waals surface area (Å²) in [4.78, 5) is 32.5. The number of hydrogen-bond donors (Lipinski definition) is 1. The molecule has 2 rings (SSSR count). The van der Waals surface area contributed by atoms with E-state index < -0.39 is 0 Å². The fraction of sp³-hybridized carbons (Fsp3) is 0.533. The number of amides is 1. The predicted molar refractivity (Wildman–Crippen MR) is 89.4 cm³/mol. The van der Waals surface area contributed by atoms with Gasteiger partial charge in [-0.25, -0.2) is 4.98 Å². The van der Waals surface area contributed by atoms with Gasteiger partial charge >= 0.3 is 0 Å². The van der Waals surface area contributed by atoms with Crippen LogP contribution in [0.2, 0.25) is 0 Å². The normalized spacial score (nSPS) is 11.3. The van der Waals surface area contributed by atoms with E-state index in [1.165, 1.54) is 22.2 Å². The summed E-state index contributed by atoms with van der Waals surface area (Å²) in [5, 5.41) is 3.43. The second-order valence-corrected chi connectivity index (χ2v) is 6.37. The SMILES string of the molecule is CCN(CC)CCNC(=O)Cn1cnc2sc(C)cc2c1=O. The van der Waals surface area contributed by atoms with Crippen LogP contribution >= 0.6 is 11.3 Å². The van der Waals surface area contributed by atoms with Crippen LogP contribution in [-0.4, -0.2) is 46.5 Å². The van der Waals surface area contributed by atoms with Crippen molar-refractivity contribution in [2.45, 2.75) is 27.3 Å². The van der Waals surface area contributed by atoms with Crippen LogP contribution in [0, 0.1) is 6.92 Å². The van der Waals surface area contributed by atoms with Crippen LogP contribution in [0.3, 0.4) is 0 Å². The van der Waals surface area contributed by atoms with E-state index in [1.807, 2.05) is 13.0 Å². The lowest BCUT2D eigenvalue weighted by atomic mass is 10.3. The first-order valence-corrected chi connectivity index (χ1v) is 8.31. The van der Waals surface area contributed by atoms with E-state index in [-0.39, 0.29) is 18.0 Å². The fourth-order valence-electron chi connectivity index (χ4n) is 2.30. The van der Waals surface area contributed by atoms with Gasteiger partial charge in [-0.15, -0.1) is 11.3 Å². The minimum absolute atomic E-state index is 0.00885. The molecule has 0 atom stereocenters. The molecule has 0 aliphatic rings. The molecule has 0 unspecified atom stereocenters. The molecule has 120 valence electrons. The molecule has 7 heteroatoms. The summed E-state index contributed by atoms with van der Waals surface area (Å²) >= 11 is 1.49. The number of aromatic nitrogens is 2. The van der Waals surface area contributed by atoms with Crippen molar-refractivity contribution in [3.63, 3.8) is 0 Å². The van der Waals surface area contributed by atoms with Crippen LogP contribution in [0.5, 0.6) is 0 Å². The van der Waals surface area contributed by atoms with Crippen molar-refractivity contribution in [3.8, 4) is 0 Å². The summed E-state index contributed by atoms with van der Waals surface area (Å²) in [7, 11) is 0. The van der Waals surface area contributed by atoms with E-state index in [0.29, 0.717) is 11.9 Å². The minimum Gasteiger partial charge on any atom is -0.353 e. The average molecular weight is 322 g/mol. The zero-order valence-electron chi connectivity index (χ0n) is 13.3. The topological polar surface area (TPSA) is 67.2 Å². The zero-order chi connectivity index (χ0) is 16.1. The number of rotatable bonds is 7. The maximum absolute atomic E-state index is 12.3. The Morgan fingerprint density at radius 1 is 1.41 bits per heavy atom. The highest BCUT2D eigenvalue weighted by Crippen LogP contribution is 2.19. The number of carbonyl (C=O) groups is 1. The molecule has 0 bridgehead atoms. The lowest BCUT2D eigenvalue weighted by Crippen LogP contribution is -2.37. The largest absolute Gasteiger partial charge is 0.353 e. The van der Waals surface area contributed by atoms with Gasteiger partial charge in [-0.3, -0.25) is 14.2 Å². The highest BCUT2D eigenvalue weighted by Gasteiger charge is 2.10. The number of hydrogen-bond acceptors (Lipinski definition) is 5. The second kappa shape index (κ2) is 7.51. The van der Waals surface area contributed by atoms with Crippen LogP contribution in [-0.2, 0) is 11.3 Å². The molecule has 1 N–H and O–H groups in total. The van der Waals surface area contributed by atoms with Crippen LogP contribution in [0.15, 0.2) is 17.2 Å². The summed E-state index contributed by atoms with van der Waals surface area (Å²) in [6, 6.07) is 1.82. The number of nitrogens with one attached hydrogen (secondary N) is 1. The summed E-state index contributed by atoms with van der Waals surface area (Å²) in [5.41, 5.74) is -0.159. The Hall–Kier alpha value is -1.73. The van der Waals surface area contributed by atoms with E-state index in [4.69, 9.17) is 0 Å². The Kier molecular flexibility index (Phi) is 5.68. The van der Waals surface area contributed by atoms with E-state index in [2.05, 4.69) is 29.0 Å². The monoisotopic (exact) mass is 322 g/mol. The molecule has 6 nitrogen and oxygen atoms in total. The molecule has 0 aliphatic carbocycles. The molecule has 0 aliphatic heterocycles. The van der Waals surface area contributed by atoms with Crippen LogP contribution in [0.25, 0.3) is 10.2 Å². The number of likely N-dealkylation sites (N-methyl/N-ethyl adjacent to an activating group) is 1. The molecule has 0 saturated heterocycles. The van der Waals surface area contributed by atoms with Crippen molar-refractivity contribution in [1.82, 2.24) is 19.8 Å². The molecule has 0 radical (unpaired) electrons. The summed E-state index contributed by atoms with van der Waals surface area (Å²) in [5.74, 6) is -0.164. The molecule has 0 aromatic carbocycles. The quantitative estimate of drug-likeness (QED) is 0.832. The van der Waals surface area contributed by atoms with Gasteiger partial charge < -0.3 is 10.2 Å². The Morgan fingerprint density at radius 2 is 2.14 bits per heavy atom. The summed E-state index contributed by atoms with van der Waals surface area (Å²) in [6.07, 6.45) is 1.45. The third-order valence-electron chi connectivity index (χ3n) is 3.60. The van der Waals surface area contributed by atoms with E-state index >= 15 is 0 Å². The van der Waals surface area contributed by atoms with Crippen molar-refractivity contribution >= 4 is 27.5 Å². The first-order valence-electron chi connectivity index (χ1n) is 7.49. The lowest BCUT2D eigenvalue weighted by molar-refractivity contribution is -0.121. The third kappa shape index (κ3) is 3.92. The maximum atomic E-state index is 12.3. The zero-order valence-corrected chi connectivity index (χ0v) is 14.1. The number of thiophene rings is 1. The fourth-order valence-corrected chi connectivity index (χ4v) is 3.13. The van der Waals surface area contributed by atoms with Crippen molar-refractivity contribution < 1.29 is 4.79 Å². The van der Waals surface area contributed by atoms with Gasteiger partial charge in [0, 0.05) is 18.0 Å². The van der Waals surface area contributed by atoms with Gasteiger partial charge in [0.05, 0.1) is 11.7 Å². The van der Waals surface area contributed by atoms with E-state index in [0.717, 1.165) is 29.3 Å². The van der Waals surface area contributed by atoms with Crippen LogP contribution in [0.4, 0.5) is 0 Å². The van der Waals surface area contributed by atoms with Gasteiger partial charge in [0.15, 0.2) is 0 Å². The smallest absolute Gasteiger partial charge is 0.262 e. The molecule has 1 amide bonds. The van der Waals surface area contributed by atoms with Gasteiger partial charge in [0.2, 0.25) is 5.91 Å². The highest BCUT2D eigenvalue weighted by molar-refractivity contribution is 7.18. The molecule has 22 heavy (non-hydrogen) atoms. The lowest BCUT2D eigenvalue weighted by Gasteiger charge is -2.18. The molecular formula is C15H22N4O2S. The van der Waals surface area contributed by atoms with Crippen molar-refractivity contribution in [3.05, 3.63) is 27.6 Å². The second-order valence-electron chi connectivity index (χ2n) is 5.13. The number of nitrogens with zero attached hydrogens (tertiary/aromatic N) is 3. The van der Waals surface area contributed by atoms with Gasteiger partial charge in [-0.2, -0.15) is 0 Å². The Morgan fingerprint density at radius 3 is 2.82 bits per heavy atom. The van der Waals surface area contributed by atoms with Gasteiger partial charge in [0.25, 0.3) is 5.56 Å². The third-order valence-corrected chi connectivity index (χ3v) is 4.56. The van der Waals surface area contributed by atoms with Crippen molar-refractivity contribution in [1.29, 1.82) is 0 Å². The molecule has 0 saturated carbocycles. The molecule has 0 spiro atoms. The highest BCUT2D eigenvalue weighted by atomic mass is 32.1. The maximum Gasteiger partial charge on any atom is 0.262 e. The van der Waals surface area contributed by atoms with Gasteiger partial charge in [0.1, 0.15) is 11.4 Å². The Bertz CT molecular complexity index is 703. The minimum atomic E-state index is -0.164. The van der Waals surface area contributed by atoms with Crippen LogP contribution < -0.4 is 10.9 Å². The average Bonchev–Trinajstić information content (AvgIpc) is 2.88. The molecule has 2 heterocycles. The molecule has 2 aromatic rings. The number of aryl methyl sites for hydroxylation is 1. The molecule has 2 aromatic heterocycles. The summed E-state index contributed by atoms with van der Waals surface area (Å²) in [6.45, 7) is 9.46. The van der Waals surface area contributed by atoms with E-state index in [1.54, 1.807) is 0 Å². The Balaban J connectivity index is 1.97. The molecular weight excluding hydrogens is 300 g/mol. The van der Waals surface area contributed by atoms with Gasteiger partial charge in [-0.1, -0.05) is 13.8 Å².